The number of methoxy groups -OCH3 is 2. The minimum Gasteiger partial charge on any atom is -0.497 e. The van der Waals surface area contributed by atoms with Gasteiger partial charge >= 0.3 is 0 Å². The normalized spacial score (nSPS) is 10.4. The molecule has 0 atom stereocenters. The molecule has 1 heterocycles. The van der Waals surface area contributed by atoms with Gasteiger partial charge in [0.05, 0.1) is 26.0 Å². The smallest absolute Gasteiger partial charge is 0.276 e. The monoisotopic (exact) mass is 383 g/mol. The molecule has 0 spiro atoms. The van der Waals surface area contributed by atoms with Crippen molar-refractivity contribution in [3.8, 4) is 17.3 Å². The van der Waals surface area contributed by atoms with Crippen molar-refractivity contribution >= 4 is 5.91 Å². The Labute approximate surface area is 160 Å². The highest BCUT2D eigenvalue weighted by Gasteiger charge is 2.17. The first-order valence-electron chi connectivity index (χ1n) is 8.37. The Morgan fingerprint density at radius 3 is 2.54 bits per heavy atom. The largest absolute Gasteiger partial charge is 0.497 e. The van der Waals surface area contributed by atoms with E-state index in [9.17, 15) is 14.0 Å². The summed E-state index contributed by atoms with van der Waals surface area (Å²) in [5, 5.41) is 6.77. The average Bonchev–Trinajstić information content (AvgIpc) is 2.72. The molecular formula is C20H18FN3O4. The number of carbonyl (C=O) groups excluding carboxylic acids is 1. The van der Waals surface area contributed by atoms with Crippen molar-refractivity contribution in [3.05, 3.63) is 81.9 Å². The lowest BCUT2D eigenvalue weighted by molar-refractivity contribution is 0.0942. The second-order valence-electron chi connectivity index (χ2n) is 5.82. The summed E-state index contributed by atoms with van der Waals surface area (Å²) in [5.74, 6) is -0.264. The van der Waals surface area contributed by atoms with Crippen LogP contribution < -0.4 is 20.2 Å². The molecule has 1 aromatic heterocycles. The summed E-state index contributed by atoms with van der Waals surface area (Å²) in [6, 6.07) is 13.8. The number of nitrogens with zero attached hydrogens (tertiary/aromatic N) is 2. The van der Waals surface area contributed by atoms with Gasteiger partial charge in [-0.15, -0.1) is 0 Å². The van der Waals surface area contributed by atoms with Crippen molar-refractivity contribution in [1.29, 1.82) is 0 Å². The number of rotatable bonds is 6. The lowest BCUT2D eigenvalue weighted by Crippen LogP contribution is -2.31. The van der Waals surface area contributed by atoms with Gasteiger partial charge in [0.15, 0.2) is 5.69 Å². The topological polar surface area (TPSA) is 82.4 Å². The van der Waals surface area contributed by atoms with E-state index in [2.05, 4.69) is 10.4 Å². The van der Waals surface area contributed by atoms with Crippen LogP contribution in [-0.2, 0) is 6.54 Å². The Morgan fingerprint density at radius 2 is 1.86 bits per heavy atom. The van der Waals surface area contributed by atoms with Crippen molar-refractivity contribution in [2.75, 3.05) is 14.2 Å². The van der Waals surface area contributed by atoms with E-state index < -0.39 is 17.2 Å². The third-order valence-corrected chi connectivity index (χ3v) is 3.98. The highest BCUT2D eigenvalue weighted by molar-refractivity contribution is 5.92. The first-order valence-corrected chi connectivity index (χ1v) is 8.37. The summed E-state index contributed by atoms with van der Waals surface area (Å²) < 4.78 is 24.8. The van der Waals surface area contributed by atoms with Crippen molar-refractivity contribution < 1.29 is 18.7 Å². The lowest BCUT2D eigenvalue weighted by atomic mass is 10.2. The predicted molar refractivity (Wildman–Crippen MR) is 101 cm³/mol. The summed E-state index contributed by atoms with van der Waals surface area (Å²) in [5.41, 5.74) is 0.367. The highest BCUT2D eigenvalue weighted by Crippen LogP contribution is 2.16. The number of halogens is 1. The zero-order chi connectivity index (χ0) is 20.1. The molecule has 7 nitrogen and oxygen atoms in total. The van der Waals surface area contributed by atoms with Crippen LogP contribution >= 0.6 is 0 Å². The van der Waals surface area contributed by atoms with E-state index in [-0.39, 0.29) is 18.1 Å². The molecule has 0 saturated carbocycles. The van der Waals surface area contributed by atoms with Crippen LogP contribution in [0.25, 0.3) is 5.69 Å². The zero-order valence-electron chi connectivity index (χ0n) is 15.3. The van der Waals surface area contributed by atoms with Crippen LogP contribution in [0.15, 0.2) is 59.4 Å². The van der Waals surface area contributed by atoms with E-state index in [0.717, 1.165) is 11.6 Å². The molecule has 0 bridgehead atoms. The summed E-state index contributed by atoms with van der Waals surface area (Å²) in [6.07, 6.45) is 0. The molecule has 8 heteroatoms. The summed E-state index contributed by atoms with van der Waals surface area (Å²) in [4.78, 5) is 24.8. The standard InChI is InChI=1S/C20H18FN3O4/c1-27-16-5-3-4-13(10-16)12-22-20(26)19-17(25)11-18(28-2)24(23-19)15-8-6-14(21)7-9-15/h3-11H,12H2,1-2H3,(H,22,26). The van der Waals surface area contributed by atoms with Gasteiger partial charge in [-0.1, -0.05) is 12.1 Å². The molecule has 28 heavy (non-hydrogen) atoms. The number of nitrogens with one attached hydrogen (secondary N) is 1. The fraction of sp³-hybridized carbons (Fsp3) is 0.150. The average molecular weight is 383 g/mol. The first-order chi connectivity index (χ1) is 13.5. The second kappa shape index (κ2) is 8.34. The Hall–Kier alpha value is -3.68. The van der Waals surface area contributed by atoms with Crippen LogP contribution in [0.5, 0.6) is 11.6 Å². The zero-order valence-corrected chi connectivity index (χ0v) is 15.3. The number of aromatic nitrogens is 2. The SMILES string of the molecule is COc1cccc(CNC(=O)c2nn(-c3ccc(F)cc3)c(OC)cc2=O)c1. The predicted octanol–water partition coefficient (Wildman–Crippen LogP) is 2.32. The quantitative estimate of drug-likeness (QED) is 0.706. The third kappa shape index (κ3) is 4.17. The van der Waals surface area contributed by atoms with Crippen molar-refractivity contribution in [2.24, 2.45) is 0 Å². The van der Waals surface area contributed by atoms with E-state index in [4.69, 9.17) is 9.47 Å². The number of benzene rings is 2. The van der Waals surface area contributed by atoms with Gasteiger partial charge in [0, 0.05) is 6.54 Å². The molecule has 0 aliphatic rings. The van der Waals surface area contributed by atoms with Crippen LogP contribution in [0.1, 0.15) is 16.1 Å². The number of hydrogen-bond donors (Lipinski definition) is 1. The third-order valence-electron chi connectivity index (χ3n) is 3.98. The Bertz CT molecular complexity index is 1050. The fourth-order valence-corrected chi connectivity index (χ4v) is 2.56. The van der Waals surface area contributed by atoms with Gasteiger partial charge in [-0.25, -0.2) is 9.07 Å². The number of hydrogen-bond acceptors (Lipinski definition) is 5. The molecule has 2 aromatic carbocycles. The van der Waals surface area contributed by atoms with Gasteiger partial charge < -0.3 is 14.8 Å². The minimum atomic E-state index is -0.633. The second-order valence-corrected chi connectivity index (χ2v) is 5.82. The van der Waals surface area contributed by atoms with E-state index in [1.54, 1.807) is 25.3 Å². The van der Waals surface area contributed by atoms with Gasteiger partial charge in [0.2, 0.25) is 11.3 Å². The summed E-state index contributed by atoms with van der Waals surface area (Å²) in [6.45, 7) is 0.194. The van der Waals surface area contributed by atoms with Crippen LogP contribution in [0, 0.1) is 5.82 Å². The Morgan fingerprint density at radius 1 is 1.11 bits per heavy atom. The van der Waals surface area contributed by atoms with Crippen LogP contribution in [-0.4, -0.2) is 29.9 Å². The Balaban J connectivity index is 1.88. The molecule has 0 fully saturated rings. The molecule has 1 N–H and O–H groups in total. The molecule has 144 valence electrons. The van der Waals surface area contributed by atoms with Gasteiger partial charge in [0.25, 0.3) is 5.91 Å². The molecule has 3 rings (SSSR count). The van der Waals surface area contributed by atoms with Gasteiger partial charge in [-0.3, -0.25) is 9.59 Å². The maximum Gasteiger partial charge on any atom is 0.276 e. The number of amides is 1. The maximum absolute atomic E-state index is 13.2. The molecule has 0 radical (unpaired) electrons. The van der Waals surface area contributed by atoms with E-state index in [1.165, 1.54) is 36.1 Å². The van der Waals surface area contributed by atoms with Gasteiger partial charge in [0.1, 0.15) is 11.6 Å². The minimum absolute atomic E-state index is 0.126. The van der Waals surface area contributed by atoms with E-state index >= 15 is 0 Å². The molecule has 3 aromatic rings. The molecule has 0 aliphatic carbocycles. The van der Waals surface area contributed by atoms with Crippen LogP contribution in [0.2, 0.25) is 0 Å². The van der Waals surface area contributed by atoms with Gasteiger partial charge in [-0.2, -0.15) is 5.10 Å². The molecular weight excluding hydrogens is 365 g/mol. The van der Waals surface area contributed by atoms with Gasteiger partial charge in [-0.05, 0) is 42.0 Å². The molecule has 1 amide bonds. The van der Waals surface area contributed by atoms with Crippen molar-refractivity contribution in [3.63, 3.8) is 0 Å². The lowest BCUT2D eigenvalue weighted by Gasteiger charge is -2.12. The van der Waals surface area contributed by atoms with Crippen LogP contribution in [0.3, 0.4) is 0 Å². The first kappa shape index (κ1) is 19.1. The molecule has 0 unspecified atom stereocenters. The summed E-state index contributed by atoms with van der Waals surface area (Å²) in [7, 11) is 2.93. The van der Waals surface area contributed by atoms with E-state index in [1.807, 2.05) is 6.07 Å². The summed E-state index contributed by atoms with van der Waals surface area (Å²) >= 11 is 0. The van der Waals surface area contributed by atoms with E-state index in [0.29, 0.717) is 11.4 Å². The molecule has 0 saturated heterocycles. The fourth-order valence-electron chi connectivity index (χ4n) is 2.56. The van der Waals surface area contributed by atoms with Crippen LogP contribution in [0.4, 0.5) is 4.39 Å². The molecule has 0 aliphatic heterocycles. The highest BCUT2D eigenvalue weighted by atomic mass is 19.1. The maximum atomic E-state index is 13.2. The van der Waals surface area contributed by atoms with Crippen molar-refractivity contribution in [2.45, 2.75) is 6.54 Å². The van der Waals surface area contributed by atoms with Crippen molar-refractivity contribution in [1.82, 2.24) is 15.1 Å². The Kier molecular flexibility index (Phi) is 5.69. The number of carbonyl (C=O) groups is 1. The number of ether oxygens (including phenoxy) is 2.